The topological polar surface area (TPSA) is 68.0 Å². The van der Waals surface area contributed by atoms with Gasteiger partial charge in [0.05, 0.1) is 6.04 Å². The summed E-state index contributed by atoms with van der Waals surface area (Å²) in [7, 11) is 0. The number of nitrogens with one attached hydrogen (secondary N) is 1. The molecule has 0 bridgehead atoms. The lowest BCUT2D eigenvalue weighted by Crippen LogP contribution is -2.26. The van der Waals surface area contributed by atoms with Gasteiger partial charge in [-0.05, 0) is 36.8 Å². The van der Waals surface area contributed by atoms with Gasteiger partial charge in [0.2, 0.25) is 0 Å². The zero-order chi connectivity index (χ0) is 14.7. The highest BCUT2D eigenvalue weighted by Gasteiger charge is 2.12. The summed E-state index contributed by atoms with van der Waals surface area (Å²) in [5.41, 5.74) is 6.98. The summed E-state index contributed by atoms with van der Waals surface area (Å²) in [6, 6.07) is 10.6. The van der Waals surface area contributed by atoms with Crippen molar-refractivity contribution in [1.29, 1.82) is 0 Å². The summed E-state index contributed by atoms with van der Waals surface area (Å²) in [6.07, 6.45) is 0. The number of pyridine rings is 1. The Morgan fingerprint density at radius 3 is 2.60 bits per heavy atom. The maximum atomic E-state index is 12.1. The lowest BCUT2D eigenvalue weighted by atomic mass is 10.1. The molecule has 2 aromatic rings. The van der Waals surface area contributed by atoms with Crippen molar-refractivity contribution in [2.24, 2.45) is 0 Å². The number of nitrogen functional groups attached to an aromatic ring is 1. The molecule has 0 aliphatic rings. The molecule has 1 aromatic carbocycles. The molecule has 0 saturated carbocycles. The van der Waals surface area contributed by atoms with Crippen molar-refractivity contribution in [3.63, 3.8) is 0 Å². The summed E-state index contributed by atoms with van der Waals surface area (Å²) < 4.78 is 0.994. The highest BCUT2D eigenvalue weighted by molar-refractivity contribution is 9.10. The fourth-order valence-electron chi connectivity index (χ4n) is 1.76. The lowest BCUT2D eigenvalue weighted by molar-refractivity contribution is 0.0940. The zero-order valence-electron chi connectivity index (χ0n) is 10.7. The summed E-state index contributed by atoms with van der Waals surface area (Å²) in [4.78, 5) is 16.0. The number of carbonyl (C=O) groups is 1. The van der Waals surface area contributed by atoms with Crippen LogP contribution >= 0.6 is 27.5 Å². The smallest absolute Gasteiger partial charge is 0.251 e. The minimum absolute atomic E-state index is 0.122. The second kappa shape index (κ2) is 6.24. The maximum Gasteiger partial charge on any atom is 0.251 e. The number of rotatable bonds is 3. The van der Waals surface area contributed by atoms with Gasteiger partial charge in [0, 0.05) is 10.0 Å². The number of anilines is 1. The largest absolute Gasteiger partial charge is 0.384 e. The van der Waals surface area contributed by atoms with Gasteiger partial charge in [-0.2, -0.15) is 0 Å². The molecule has 3 N–H and O–H groups in total. The molecule has 2 rings (SSSR count). The molecule has 1 amide bonds. The maximum absolute atomic E-state index is 12.1. The van der Waals surface area contributed by atoms with E-state index in [2.05, 4.69) is 26.2 Å². The van der Waals surface area contributed by atoms with E-state index < -0.39 is 0 Å². The number of nitrogens with two attached hydrogens (primary N) is 1. The van der Waals surface area contributed by atoms with E-state index in [0.29, 0.717) is 5.56 Å². The van der Waals surface area contributed by atoms with E-state index in [1.165, 1.54) is 12.1 Å². The first kappa shape index (κ1) is 14.8. The first-order chi connectivity index (χ1) is 9.45. The van der Waals surface area contributed by atoms with Crippen LogP contribution in [0.3, 0.4) is 0 Å². The molecule has 1 atom stereocenters. The van der Waals surface area contributed by atoms with Crippen molar-refractivity contribution < 1.29 is 4.79 Å². The average molecular weight is 355 g/mol. The van der Waals surface area contributed by atoms with Gasteiger partial charge in [-0.3, -0.25) is 4.79 Å². The molecule has 0 spiro atoms. The number of hydrogen-bond donors (Lipinski definition) is 2. The van der Waals surface area contributed by atoms with Crippen LogP contribution in [0.5, 0.6) is 0 Å². The highest BCUT2D eigenvalue weighted by atomic mass is 79.9. The number of carbonyl (C=O) groups excluding carboxylic acids is 1. The van der Waals surface area contributed by atoms with Crippen LogP contribution in [0, 0.1) is 0 Å². The number of halogens is 2. The molecule has 1 heterocycles. The van der Waals surface area contributed by atoms with Gasteiger partial charge in [0.1, 0.15) is 11.0 Å². The Morgan fingerprint density at radius 2 is 2.00 bits per heavy atom. The Labute approximate surface area is 130 Å². The number of amides is 1. The fourth-order valence-corrected chi connectivity index (χ4v) is 2.24. The summed E-state index contributed by atoms with van der Waals surface area (Å²) in [5.74, 6) is -0.0182. The van der Waals surface area contributed by atoms with E-state index in [-0.39, 0.29) is 22.9 Å². The third-order valence-corrected chi connectivity index (χ3v) is 3.52. The molecule has 0 saturated heterocycles. The van der Waals surface area contributed by atoms with Gasteiger partial charge >= 0.3 is 0 Å². The number of nitrogens with zero attached hydrogens (tertiary/aromatic N) is 1. The molecule has 0 aliphatic carbocycles. The van der Waals surface area contributed by atoms with Crippen molar-refractivity contribution in [1.82, 2.24) is 10.3 Å². The Balaban J connectivity index is 2.12. The Bertz CT molecular complexity index is 611. The van der Waals surface area contributed by atoms with Crippen LogP contribution in [0.2, 0.25) is 5.15 Å². The molecule has 104 valence electrons. The Kier molecular flexibility index (Phi) is 4.62. The molecule has 0 radical (unpaired) electrons. The third kappa shape index (κ3) is 3.71. The van der Waals surface area contributed by atoms with Crippen LogP contribution in [0.15, 0.2) is 40.9 Å². The van der Waals surface area contributed by atoms with E-state index in [9.17, 15) is 4.79 Å². The Morgan fingerprint density at radius 1 is 1.35 bits per heavy atom. The molecule has 1 unspecified atom stereocenters. The van der Waals surface area contributed by atoms with Crippen LogP contribution < -0.4 is 11.1 Å². The Hall–Kier alpha value is -1.59. The first-order valence-electron chi connectivity index (χ1n) is 5.95. The molecular formula is C14H13BrClN3O. The quantitative estimate of drug-likeness (QED) is 0.828. The van der Waals surface area contributed by atoms with Crippen molar-refractivity contribution in [2.75, 3.05) is 5.73 Å². The normalized spacial score (nSPS) is 11.9. The molecule has 20 heavy (non-hydrogen) atoms. The van der Waals surface area contributed by atoms with Gasteiger partial charge in [-0.25, -0.2) is 4.98 Å². The molecule has 0 fully saturated rings. The number of benzene rings is 1. The van der Waals surface area contributed by atoms with Crippen LogP contribution in [-0.4, -0.2) is 10.9 Å². The minimum Gasteiger partial charge on any atom is -0.384 e. The fraction of sp³-hybridized carbons (Fsp3) is 0.143. The van der Waals surface area contributed by atoms with Gasteiger partial charge in [-0.1, -0.05) is 39.7 Å². The molecule has 4 nitrogen and oxygen atoms in total. The second-order valence-corrected chi connectivity index (χ2v) is 5.65. The third-order valence-electron chi connectivity index (χ3n) is 2.79. The summed E-state index contributed by atoms with van der Waals surface area (Å²) in [6.45, 7) is 1.91. The minimum atomic E-state index is -0.239. The second-order valence-electron chi connectivity index (χ2n) is 4.35. The predicted molar refractivity (Wildman–Crippen MR) is 83.7 cm³/mol. The van der Waals surface area contributed by atoms with Crippen LogP contribution in [0.1, 0.15) is 28.9 Å². The first-order valence-corrected chi connectivity index (χ1v) is 7.12. The van der Waals surface area contributed by atoms with E-state index in [1.54, 1.807) is 0 Å². The molecule has 0 aliphatic heterocycles. The monoisotopic (exact) mass is 353 g/mol. The van der Waals surface area contributed by atoms with Gasteiger partial charge in [0.25, 0.3) is 5.91 Å². The van der Waals surface area contributed by atoms with E-state index in [4.69, 9.17) is 17.3 Å². The summed E-state index contributed by atoms with van der Waals surface area (Å²) in [5, 5.41) is 3.09. The van der Waals surface area contributed by atoms with Crippen LogP contribution in [0.25, 0.3) is 0 Å². The van der Waals surface area contributed by atoms with Crippen LogP contribution in [0.4, 0.5) is 5.82 Å². The van der Waals surface area contributed by atoms with Crippen molar-refractivity contribution in [2.45, 2.75) is 13.0 Å². The van der Waals surface area contributed by atoms with E-state index in [0.717, 1.165) is 10.0 Å². The van der Waals surface area contributed by atoms with Crippen molar-refractivity contribution in [3.8, 4) is 0 Å². The number of aromatic nitrogens is 1. The average Bonchev–Trinajstić information content (AvgIpc) is 2.38. The molecule has 1 aromatic heterocycles. The van der Waals surface area contributed by atoms with Crippen molar-refractivity contribution >= 4 is 39.3 Å². The van der Waals surface area contributed by atoms with Crippen LogP contribution in [-0.2, 0) is 0 Å². The SMILES string of the molecule is CC(NC(=O)c1cc(N)nc(Cl)c1)c1ccc(Br)cc1. The lowest BCUT2D eigenvalue weighted by Gasteiger charge is -2.14. The van der Waals surface area contributed by atoms with Gasteiger partial charge in [-0.15, -0.1) is 0 Å². The van der Waals surface area contributed by atoms with Gasteiger partial charge in [0.15, 0.2) is 0 Å². The van der Waals surface area contributed by atoms with E-state index in [1.807, 2.05) is 31.2 Å². The van der Waals surface area contributed by atoms with Gasteiger partial charge < -0.3 is 11.1 Å². The number of hydrogen-bond acceptors (Lipinski definition) is 3. The van der Waals surface area contributed by atoms with Crippen molar-refractivity contribution in [3.05, 3.63) is 57.2 Å². The van der Waals surface area contributed by atoms with E-state index >= 15 is 0 Å². The molecular weight excluding hydrogens is 342 g/mol. The highest BCUT2D eigenvalue weighted by Crippen LogP contribution is 2.18. The zero-order valence-corrected chi connectivity index (χ0v) is 13.1. The molecule has 6 heteroatoms. The standard InChI is InChI=1S/C14H13BrClN3O/c1-8(9-2-4-11(15)5-3-9)18-14(20)10-6-12(16)19-13(17)7-10/h2-8H,1H3,(H2,17,19)(H,18,20). The summed E-state index contributed by atoms with van der Waals surface area (Å²) >= 11 is 9.16. The predicted octanol–water partition coefficient (Wildman–Crippen LogP) is 3.57.